The summed E-state index contributed by atoms with van der Waals surface area (Å²) in [7, 11) is 3.03. The summed E-state index contributed by atoms with van der Waals surface area (Å²) in [6.45, 7) is 1.49. The van der Waals surface area contributed by atoms with Crippen molar-refractivity contribution < 1.29 is 27.8 Å². The summed E-state index contributed by atoms with van der Waals surface area (Å²) in [5, 5.41) is 1.05. The number of carbonyl (C=O) groups is 2. The minimum atomic E-state index is -0.350. The van der Waals surface area contributed by atoms with Crippen LogP contribution < -0.4 is 30.7 Å². The fourth-order valence-electron chi connectivity index (χ4n) is 7.38. The number of rotatable bonds is 12. The predicted octanol–water partition coefficient (Wildman–Crippen LogP) is 8.83. The Hall–Kier alpha value is -5.95. The first kappa shape index (κ1) is 44.6. The summed E-state index contributed by atoms with van der Waals surface area (Å²) in [4.78, 5) is 35.5. The molecule has 0 aliphatic carbocycles. The Bertz CT molecular complexity index is 2360. The molecule has 2 aromatic heterocycles. The maximum Gasteiger partial charge on any atom is 0.240 e. The molecule has 2 amide bonds. The molecule has 2 fully saturated rings. The van der Waals surface area contributed by atoms with E-state index in [4.69, 9.17) is 44.1 Å². The lowest BCUT2D eigenvalue weighted by Crippen LogP contribution is -2.55. The summed E-state index contributed by atoms with van der Waals surface area (Å²) in [5.41, 5.74) is 15.6. The van der Waals surface area contributed by atoms with E-state index in [2.05, 4.69) is 9.97 Å². The van der Waals surface area contributed by atoms with E-state index in [1.165, 1.54) is 14.2 Å². The quantitative estimate of drug-likeness (QED) is 0.125. The maximum atomic E-state index is 15.4. The van der Waals surface area contributed by atoms with Crippen molar-refractivity contribution >= 4 is 59.1 Å². The third-order valence-electron chi connectivity index (χ3n) is 10.7. The molecule has 61 heavy (non-hydrogen) atoms. The van der Waals surface area contributed by atoms with Crippen LogP contribution in [-0.2, 0) is 22.4 Å². The normalized spacial score (nSPS) is 15.3. The number of ether oxygens (including phenoxy) is 2. The second kappa shape index (κ2) is 19.6. The molecule has 8 rings (SSSR count). The molecule has 0 bridgehead atoms. The summed E-state index contributed by atoms with van der Waals surface area (Å²) in [5.74, 6) is 0.896. The van der Waals surface area contributed by atoms with Gasteiger partial charge in [-0.05, 0) is 94.8 Å². The molecule has 10 nitrogen and oxygen atoms in total. The standard InChI is InChI=1S/2C23H21ClFN3O2.ClH/c2*1-30-19-7-6-16(22(25)21(19)15-3-2-4-17(24)12-15)11-14-5-8-20(27-13-14)28-10-9-18(28)23(26)29;/h2*2-8,12-13,18H,9-11H2,1H3,(H2,26,29);1H/t2*18-;/m11./s1. The van der Waals surface area contributed by atoms with Crippen LogP contribution >= 0.6 is 35.6 Å². The predicted molar refractivity (Wildman–Crippen MR) is 238 cm³/mol. The van der Waals surface area contributed by atoms with Crippen molar-refractivity contribution in [1.82, 2.24) is 9.97 Å². The Balaban J connectivity index is 0.000000201. The van der Waals surface area contributed by atoms with Gasteiger partial charge in [-0.2, -0.15) is 0 Å². The molecule has 2 saturated heterocycles. The van der Waals surface area contributed by atoms with Crippen LogP contribution in [0.4, 0.5) is 20.4 Å². The van der Waals surface area contributed by atoms with Crippen molar-refractivity contribution in [2.75, 3.05) is 37.1 Å². The Morgan fingerprint density at radius 3 is 1.36 bits per heavy atom. The Labute approximate surface area is 368 Å². The third-order valence-corrected chi connectivity index (χ3v) is 11.2. The van der Waals surface area contributed by atoms with Gasteiger partial charge in [-0.15, -0.1) is 12.4 Å². The van der Waals surface area contributed by atoms with Gasteiger partial charge < -0.3 is 30.7 Å². The number of hydrogen-bond donors (Lipinski definition) is 2. The third kappa shape index (κ3) is 9.83. The number of nitrogens with two attached hydrogens (primary N) is 2. The van der Waals surface area contributed by atoms with Gasteiger partial charge in [0.05, 0.1) is 25.3 Å². The number of hydrogen-bond acceptors (Lipinski definition) is 8. The highest BCUT2D eigenvalue weighted by molar-refractivity contribution is 6.31. The highest BCUT2D eigenvalue weighted by atomic mass is 35.5. The number of methoxy groups -OCH3 is 2. The molecule has 2 aliphatic rings. The van der Waals surface area contributed by atoms with E-state index < -0.39 is 0 Å². The average molecular weight is 888 g/mol. The molecule has 316 valence electrons. The van der Waals surface area contributed by atoms with Gasteiger partial charge in [-0.1, -0.05) is 71.7 Å². The molecule has 4 heterocycles. The Morgan fingerprint density at radius 1 is 0.656 bits per heavy atom. The van der Waals surface area contributed by atoms with Gasteiger partial charge in [0.1, 0.15) is 46.9 Å². The summed E-state index contributed by atoms with van der Waals surface area (Å²) < 4.78 is 41.6. The number of amides is 2. The summed E-state index contributed by atoms with van der Waals surface area (Å²) in [6, 6.07) is 27.9. The first-order chi connectivity index (χ1) is 28.9. The van der Waals surface area contributed by atoms with Gasteiger partial charge in [0.2, 0.25) is 11.8 Å². The molecule has 2 aliphatic heterocycles. The number of nitrogens with zero attached hydrogens (tertiary/aromatic N) is 4. The number of anilines is 2. The monoisotopic (exact) mass is 886 g/mol. The number of benzene rings is 4. The van der Waals surface area contributed by atoms with Crippen LogP contribution in [0.25, 0.3) is 22.3 Å². The van der Waals surface area contributed by atoms with Crippen LogP contribution in [-0.4, -0.2) is 61.2 Å². The Kier molecular flexibility index (Phi) is 14.3. The SMILES string of the molecule is COc1ccc(Cc2ccc(N3CC[C@@H]3C(N)=O)nc2)c(F)c1-c1cccc(Cl)c1.COc1ccc(Cc2ccc(N3CC[C@@H]3C(N)=O)nc2)c(F)c1-c1cccc(Cl)c1.Cl. The van der Waals surface area contributed by atoms with Crippen molar-refractivity contribution in [3.63, 3.8) is 0 Å². The van der Waals surface area contributed by atoms with Crippen molar-refractivity contribution in [2.45, 2.75) is 37.8 Å². The van der Waals surface area contributed by atoms with Crippen molar-refractivity contribution in [3.8, 4) is 33.8 Å². The van der Waals surface area contributed by atoms with Gasteiger partial charge in [0.25, 0.3) is 0 Å². The van der Waals surface area contributed by atoms with E-state index in [0.717, 1.165) is 37.1 Å². The highest BCUT2D eigenvalue weighted by Crippen LogP contribution is 2.38. The number of aromatic nitrogens is 2. The number of halogens is 5. The molecule has 2 atom stereocenters. The first-order valence-corrected chi connectivity index (χ1v) is 20.0. The molecule has 0 spiro atoms. The van der Waals surface area contributed by atoms with Crippen molar-refractivity contribution in [3.05, 3.63) is 153 Å². The van der Waals surface area contributed by atoms with Gasteiger partial charge in [0, 0.05) is 48.4 Å². The zero-order valence-electron chi connectivity index (χ0n) is 33.3. The van der Waals surface area contributed by atoms with Gasteiger partial charge in [0.15, 0.2) is 0 Å². The van der Waals surface area contributed by atoms with Crippen LogP contribution in [0.5, 0.6) is 11.5 Å². The molecule has 0 saturated carbocycles. The van der Waals surface area contributed by atoms with Crippen LogP contribution in [0, 0.1) is 11.6 Å². The molecule has 4 aromatic carbocycles. The number of pyridine rings is 2. The van der Waals surface area contributed by atoms with Crippen molar-refractivity contribution in [1.29, 1.82) is 0 Å². The van der Waals surface area contributed by atoms with E-state index >= 15 is 8.78 Å². The van der Waals surface area contributed by atoms with Crippen LogP contribution in [0.1, 0.15) is 35.1 Å². The fourth-order valence-corrected chi connectivity index (χ4v) is 7.76. The maximum absolute atomic E-state index is 15.4. The second-order valence-corrected chi connectivity index (χ2v) is 15.3. The van der Waals surface area contributed by atoms with E-state index in [1.807, 2.05) is 34.1 Å². The summed E-state index contributed by atoms with van der Waals surface area (Å²) in [6.07, 6.45) is 5.62. The molecule has 6 aromatic rings. The first-order valence-electron chi connectivity index (χ1n) is 19.2. The lowest BCUT2D eigenvalue weighted by atomic mass is 9.97. The van der Waals surface area contributed by atoms with Gasteiger partial charge in [-0.25, -0.2) is 18.7 Å². The summed E-state index contributed by atoms with van der Waals surface area (Å²) >= 11 is 12.2. The highest BCUT2D eigenvalue weighted by Gasteiger charge is 2.34. The van der Waals surface area contributed by atoms with E-state index in [0.29, 0.717) is 79.4 Å². The number of carbonyl (C=O) groups excluding carboxylic acids is 2. The molecule has 15 heteroatoms. The van der Waals surface area contributed by atoms with E-state index in [1.54, 1.807) is 85.2 Å². The molecule has 4 N–H and O–H groups in total. The second-order valence-electron chi connectivity index (χ2n) is 14.5. The van der Waals surface area contributed by atoms with E-state index in [-0.39, 0.29) is 47.9 Å². The van der Waals surface area contributed by atoms with Gasteiger partial charge in [-0.3, -0.25) is 9.59 Å². The lowest BCUT2D eigenvalue weighted by Gasteiger charge is -2.39. The fraction of sp³-hybridized carbons (Fsp3) is 0.217. The minimum Gasteiger partial charge on any atom is -0.496 e. The average Bonchev–Trinajstić information content (AvgIpc) is 3.19. The zero-order chi connectivity index (χ0) is 42.5. The largest absolute Gasteiger partial charge is 0.496 e. The zero-order valence-corrected chi connectivity index (χ0v) is 35.6. The van der Waals surface area contributed by atoms with Crippen LogP contribution in [0.2, 0.25) is 10.0 Å². The van der Waals surface area contributed by atoms with Gasteiger partial charge >= 0.3 is 0 Å². The van der Waals surface area contributed by atoms with E-state index in [9.17, 15) is 9.59 Å². The molecule has 0 unspecified atom stereocenters. The van der Waals surface area contributed by atoms with Crippen molar-refractivity contribution in [2.24, 2.45) is 11.5 Å². The smallest absolute Gasteiger partial charge is 0.240 e. The minimum absolute atomic E-state index is 0. The van der Waals surface area contributed by atoms with Crippen LogP contribution in [0.3, 0.4) is 0 Å². The molecule has 0 radical (unpaired) electrons. The molecular weight excluding hydrogens is 845 g/mol. The Morgan fingerprint density at radius 2 is 1.07 bits per heavy atom. The number of primary amides is 2. The topological polar surface area (TPSA) is 137 Å². The lowest BCUT2D eigenvalue weighted by molar-refractivity contribution is -0.121. The molecular formula is C46H43Cl3F2N6O4. The van der Waals surface area contributed by atoms with Crippen LogP contribution in [0.15, 0.2) is 109 Å².